The molecule has 0 spiro atoms. The van der Waals surface area contributed by atoms with Gasteiger partial charge in [-0.15, -0.1) is 0 Å². The van der Waals surface area contributed by atoms with Crippen LogP contribution in [0.5, 0.6) is 0 Å². The highest BCUT2D eigenvalue weighted by molar-refractivity contribution is 5.88. The lowest BCUT2D eigenvalue weighted by atomic mass is 9.70. The van der Waals surface area contributed by atoms with Gasteiger partial charge in [0.1, 0.15) is 12.7 Å². The van der Waals surface area contributed by atoms with E-state index in [0.717, 1.165) is 30.4 Å². The summed E-state index contributed by atoms with van der Waals surface area (Å²) in [5.41, 5.74) is 2.83. The van der Waals surface area contributed by atoms with Crippen molar-refractivity contribution in [2.75, 3.05) is 0 Å². The third kappa shape index (κ3) is 2.87. The molecule has 0 saturated carbocycles. The fraction of sp³-hybridized carbons (Fsp3) is 0.300. The molecule has 2 aromatic heterocycles. The largest absolute Gasteiger partial charge is 0.351 e. The van der Waals surface area contributed by atoms with Crippen molar-refractivity contribution in [1.82, 2.24) is 25.1 Å². The number of hydrogen-bond acceptors (Lipinski definition) is 4. The highest BCUT2D eigenvalue weighted by Crippen LogP contribution is 2.37. The number of amides is 1. The second kappa shape index (κ2) is 6.71. The third-order valence-corrected chi connectivity index (χ3v) is 5.18. The minimum absolute atomic E-state index is 0.0537. The van der Waals surface area contributed by atoms with E-state index < -0.39 is 5.41 Å². The zero-order chi connectivity index (χ0) is 18.0. The normalized spacial score (nSPS) is 19.0. The number of aryl methyl sites for hydroxylation is 1. The SMILES string of the molecule is C[C@]1(C(=O)NCc2cccnc2-n2cncn2)CCCc2ccccc21. The van der Waals surface area contributed by atoms with Crippen LogP contribution in [-0.2, 0) is 23.2 Å². The van der Waals surface area contributed by atoms with Crippen molar-refractivity contribution < 1.29 is 4.79 Å². The molecular weight excluding hydrogens is 326 g/mol. The van der Waals surface area contributed by atoms with Gasteiger partial charge in [0.05, 0.1) is 5.41 Å². The van der Waals surface area contributed by atoms with Gasteiger partial charge >= 0.3 is 0 Å². The molecule has 4 rings (SSSR count). The predicted octanol–water partition coefficient (Wildman–Crippen LogP) is 2.57. The quantitative estimate of drug-likeness (QED) is 0.787. The summed E-state index contributed by atoms with van der Waals surface area (Å²) in [5.74, 6) is 0.734. The molecule has 2 heterocycles. The molecule has 0 saturated heterocycles. The van der Waals surface area contributed by atoms with Crippen LogP contribution >= 0.6 is 0 Å². The van der Waals surface area contributed by atoms with Gasteiger partial charge in [-0.2, -0.15) is 5.10 Å². The number of benzene rings is 1. The summed E-state index contributed by atoms with van der Waals surface area (Å²) in [5, 5.41) is 7.25. The monoisotopic (exact) mass is 347 g/mol. The first-order valence-corrected chi connectivity index (χ1v) is 8.84. The van der Waals surface area contributed by atoms with Crippen molar-refractivity contribution in [1.29, 1.82) is 0 Å². The zero-order valence-electron chi connectivity index (χ0n) is 14.7. The Balaban J connectivity index is 1.56. The summed E-state index contributed by atoms with van der Waals surface area (Å²) in [6, 6.07) is 12.1. The maximum Gasteiger partial charge on any atom is 0.230 e. The molecule has 1 N–H and O–H groups in total. The van der Waals surface area contributed by atoms with Crippen molar-refractivity contribution in [3.63, 3.8) is 0 Å². The molecule has 0 fully saturated rings. The molecule has 0 bridgehead atoms. The predicted molar refractivity (Wildman–Crippen MR) is 97.7 cm³/mol. The summed E-state index contributed by atoms with van der Waals surface area (Å²) in [7, 11) is 0. The lowest BCUT2D eigenvalue weighted by Gasteiger charge is -2.34. The summed E-state index contributed by atoms with van der Waals surface area (Å²) >= 11 is 0. The lowest BCUT2D eigenvalue weighted by molar-refractivity contribution is -0.126. The molecule has 1 aliphatic carbocycles. The van der Waals surface area contributed by atoms with Crippen LogP contribution in [0.1, 0.15) is 36.5 Å². The van der Waals surface area contributed by atoms with E-state index in [-0.39, 0.29) is 5.91 Å². The van der Waals surface area contributed by atoms with Crippen LogP contribution in [-0.4, -0.2) is 25.7 Å². The molecule has 3 aromatic rings. The highest BCUT2D eigenvalue weighted by atomic mass is 16.2. The van der Waals surface area contributed by atoms with Gasteiger partial charge in [0.25, 0.3) is 0 Å². The highest BCUT2D eigenvalue weighted by Gasteiger charge is 2.38. The Morgan fingerprint density at radius 1 is 1.27 bits per heavy atom. The maximum absolute atomic E-state index is 13.1. The fourth-order valence-electron chi connectivity index (χ4n) is 3.74. The summed E-state index contributed by atoms with van der Waals surface area (Å²) < 4.78 is 1.61. The molecule has 0 aliphatic heterocycles. The average Bonchev–Trinajstić information content (AvgIpc) is 3.21. The second-order valence-electron chi connectivity index (χ2n) is 6.85. The van der Waals surface area contributed by atoms with Gasteiger partial charge in [-0.25, -0.2) is 14.6 Å². The molecule has 6 nitrogen and oxygen atoms in total. The number of hydrogen-bond donors (Lipinski definition) is 1. The minimum Gasteiger partial charge on any atom is -0.351 e. The Bertz CT molecular complexity index is 921. The molecule has 6 heteroatoms. The molecule has 1 atom stereocenters. The topological polar surface area (TPSA) is 72.7 Å². The van der Waals surface area contributed by atoms with Crippen LogP contribution in [0.2, 0.25) is 0 Å². The summed E-state index contributed by atoms with van der Waals surface area (Å²) in [6.07, 6.45) is 7.71. The maximum atomic E-state index is 13.1. The molecule has 0 radical (unpaired) electrons. The van der Waals surface area contributed by atoms with Crippen molar-refractivity contribution in [3.05, 3.63) is 71.9 Å². The average molecular weight is 347 g/mol. The molecule has 132 valence electrons. The van der Waals surface area contributed by atoms with Gasteiger partial charge in [-0.3, -0.25) is 4.79 Å². The Labute approximate surface area is 152 Å². The smallest absolute Gasteiger partial charge is 0.230 e. The van der Waals surface area contributed by atoms with Crippen LogP contribution in [0.4, 0.5) is 0 Å². The number of carbonyl (C=O) groups is 1. The van der Waals surface area contributed by atoms with E-state index in [1.165, 1.54) is 11.9 Å². The molecule has 1 amide bonds. The standard InChI is InChI=1S/C20H21N5O/c1-20(10-4-7-15-6-2-3-9-17(15)20)19(26)23-12-16-8-5-11-22-18(16)25-14-21-13-24-25/h2-3,5-6,8-9,11,13-14H,4,7,10,12H2,1H3,(H,23,26)/t20-/m0/s1. The van der Waals surface area contributed by atoms with E-state index in [2.05, 4.69) is 32.5 Å². The Kier molecular flexibility index (Phi) is 4.24. The molecule has 1 aromatic carbocycles. The van der Waals surface area contributed by atoms with E-state index in [1.807, 2.05) is 31.2 Å². The van der Waals surface area contributed by atoms with Gasteiger partial charge in [0, 0.05) is 18.3 Å². The number of pyridine rings is 1. The molecule has 26 heavy (non-hydrogen) atoms. The van der Waals surface area contributed by atoms with E-state index in [4.69, 9.17) is 0 Å². The Morgan fingerprint density at radius 2 is 2.15 bits per heavy atom. The van der Waals surface area contributed by atoms with Crippen LogP contribution in [0.25, 0.3) is 5.82 Å². The number of rotatable bonds is 4. The van der Waals surface area contributed by atoms with Gasteiger partial charge in [-0.05, 0) is 43.4 Å². The Morgan fingerprint density at radius 3 is 3.00 bits per heavy atom. The fourth-order valence-corrected chi connectivity index (χ4v) is 3.74. The van der Waals surface area contributed by atoms with Crippen molar-refractivity contribution >= 4 is 5.91 Å². The van der Waals surface area contributed by atoms with Crippen molar-refractivity contribution in [3.8, 4) is 5.82 Å². The number of aromatic nitrogens is 4. The first-order chi connectivity index (χ1) is 12.7. The lowest BCUT2D eigenvalue weighted by Crippen LogP contribution is -2.44. The van der Waals surface area contributed by atoms with Crippen molar-refractivity contribution in [2.24, 2.45) is 0 Å². The summed E-state index contributed by atoms with van der Waals surface area (Å²) in [6.45, 7) is 2.45. The zero-order valence-corrected chi connectivity index (χ0v) is 14.7. The van der Waals surface area contributed by atoms with Crippen LogP contribution in [0.15, 0.2) is 55.2 Å². The van der Waals surface area contributed by atoms with E-state index in [9.17, 15) is 4.79 Å². The van der Waals surface area contributed by atoms with E-state index >= 15 is 0 Å². The number of nitrogens with one attached hydrogen (secondary N) is 1. The van der Waals surface area contributed by atoms with E-state index in [0.29, 0.717) is 12.4 Å². The molecule has 0 unspecified atom stereocenters. The first-order valence-electron chi connectivity index (χ1n) is 8.84. The van der Waals surface area contributed by atoms with Crippen LogP contribution in [0.3, 0.4) is 0 Å². The first kappa shape index (κ1) is 16.4. The van der Waals surface area contributed by atoms with Crippen LogP contribution in [0, 0.1) is 0 Å². The van der Waals surface area contributed by atoms with Gasteiger partial charge < -0.3 is 5.32 Å². The van der Waals surface area contributed by atoms with Gasteiger partial charge in [-0.1, -0.05) is 30.3 Å². The van der Waals surface area contributed by atoms with Gasteiger partial charge in [0.15, 0.2) is 5.82 Å². The number of carbonyl (C=O) groups excluding carboxylic acids is 1. The summed E-state index contributed by atoms with van der Waals surface area (Å²) in [4.78, 5) is 21.4. The van der Waals surface area contributed by atoms with Crippen LogP contribution < -0.4 is 5.32 Å². The number of nitrogens with zero attached hydrogens (tertiary/aromatic N) is 4. The van der Waals surface area contributed by atoms with Crippen molar-refractivity contribution in [2.45, 2.75) is 38.1 Å². The molecule has 1 aliphatic rings. The molecular formula is C20H21N5O. The van der Waals surface area contributed by atoms with E-state index in [1.54, 1.807) is 17.2 Å². The second-order valence-corrected chi connectivity index (χ2v) is 6.85. The third-order valence-electron chi connectivity index (χ3n) is 5.18. The van der Waals surface area contributed by atoms with Gasteiger partial charge in [0.2, 0.25) is 5.91 Å². The Hall–Kier alpha value is -3.02. The minimum atomic E-state index is -0.496. The number of fused-ring (bicyclic) bond motifs is 1.